The minimum atomic E-state index is -1.05. The quantitative estimate of drug-likeness (QED) is 0.430. The molecule has 0 aromatic heterocycles. The van der Waals surface area contributed by atoms with Crippen molar-refractivity contribution in [3.05, 3.63) is 95.1 Å². The van der Waals surface area contributed by atoms with E-state index in [1.54, 1.807) is 0 Å². The molecule has 3 heteroatoms. The Hall–Kier alpha value is -2.49. The van der Waals surface area contributed by atoms with Gasteiger partial charge in [-0.15, -0.1) is 0 Å². The first-order valence-corrected chi connectivity index (χ1v) is 10.1. The molecular weight excluding hydrogens is 338 g/mol. The van der Waals surface area contributed by atoms with Crippen LogP contribution in [0.15, 0.2) is 72.8 Å². The highest BCUT2D eigenvalue weighted by molar-refractivity contribution is 7.83. The van der Waals surface area contributed by atoms with E-state index in [0.29, 0.717) is 0 Å². The van der Waals surface area contributed by atoms with Gasteiger partial charge in [0, 0.05) is 7.05 Å². The van der Waals surface area contributed by atoms with Gasteiger partial charge >= 0.3 is 0 Å². The molecule has 0 N–H and O–H groups in total. The molecule has 2 heterocycles. The molecule has 0 saturated carbocycles. The van der Waals surface area contributed by atoms with Gasteiger partial charge in [-0.2, -0.15) is 0 Å². The summed E-state index contributed by atoms with van der Waals surface area (Å²) in [6, 6.07) is 26.1. The normalized spacial score (nSPS) is 24.0. The maximum Gasteiger partial charge on any atom is 0.107 e. The lowest BCUT2D eigenvalue weighted by Crippen LogP contribution is -2.42. The highest BCUT2D eigenvalue weighted by atomic mass is 32.2. The average Bonchev–Trinajstić information content (AvgIpc) is 2.67. The van der Waals surface area contributed by atoms with Crippen molar-refractivity contribution >= 4 is 32.5 Å². The van der Waals surface area contributed by atoms with Crippen molar-refractivity contribution in [3.63, 3.8) is 0 Å². The zero-order chi connectivity index (χ0) is 17.4. The van der Waals surface area contributed by atoms with E-state index < -0.39 is 11.0 Å². The van der Waals surface area contributed by atoms with Crippen LogP contribution in [0.4, 0.5) is 0 Å². The standard InChI is InChI=1S/C23H17NOS/c1-24-22-18-10-14-6-2-4-8-16(14)12-20(18)23(26(24)25)21-13-17-9-5-3-7-15(17)11-19(21)22/h2-13,22-23H,1H3. The fourth-order valence-electron chi connectivity index (χ4n) is 4.69. The van der Waals surface area contributed by atoms with E-state index in [9.17, 15) is 4.21 Å². The van der Waals surface area contributed by atoms with Crippen molar-refractivity contribution in [2.45, 2.75) is 11.3 Å². The third-order valence-corrected chi connectivity index (χ3v) is 7.60. The van der Waals surface area contributed by atoms with Crippen molar-refractivity contribution in [1.29, 1.82) is 0 Å². The monoisotopic (exact) mass is 355 g/mol. The molecule has 0 fully saturated rings. The summed E-state index contributed by atoms with van der Waals surface area (Å²) in [6.45, 7) is 0. The molecule has 2 nitrogen and oxygen atoms in total. The van der Waals surface area contributed by atoms with Crippen LogP contribution in [-0.2, 0) is 11.0 Å². The zero-order valence-electron chi connectivity index (χ0n) is 14.3. The second-order valence-corrected chi connectivity index (χ2v) is 8.86. The maximum atomic E-state index is 13.2. The van der Waals surface area contributed by atoms with E-state index in [1.807, 2.05) is 11.4 Å². The number of benzene rings is 4. The van der Waals surface area contributed by atoms with Gasteiger partial charge in [0.1, 0.15) is 16.2 Å². The Balaban J connectivity index is 1.72. The van der Waals surface area contributed by atoms with Crippen LogP contribution in [0.25, 0.3) is 21.5 Å². The maximum absolute atomic E-state index is 13.2. The third kappa shape index (κ3) is 1.77. The van der Waals surface area contributed by atoms with Crippen LogP contribution in [-0.4, -0.2) is 15.6 Å². The first kappa shape index (κ1) is 14.7. The fourth-order valence-corrected chi connectivity index (χ4v) is 6.30. The van der Waals surface area contributed by atoms with E-state index in [2.05, 4.69) is 72.8 Å². The molecule has 7 rings (SSSR count). The number of fused-ring (bicyclic) bond motifs is 3. The Labute approximate surface area is 154 Å². The molecule has 2 aliphatic heterocycles. The lowest BCUT2D eigenvalue weighted by atomic mass is 9.79. The Morgan fingerprint density at radius 2 is 1.08 bits per heavy atom. The second-order valence-electron chi connectivity index (χ2n) is 7.26. The second kappa shape index (κ2) is 5.03. The van der Waals surface area contributed by atoms with Gasteiger partial charge in [-0.3, -0.25) is 0 Å². The summed E-state index contributed by atoms with van der Waals surface area (Å²) < 4.78 is 15.3. The third-order valence-electron chi connectivity index (χ3n) is 5.91. The predicted molar refractivity (Wildman–Crippen MR) is 107 cm³/mol. The van der Waals surface area contributed by atoms with Crippen molar-refractivity contribution < 1.29 is 4.21 Å². The van der Waals surface area contributed by atoms with E-state index in [1.165, 1.54) is 43.8 Å². The van der Waals surface area contributed by atoms with Crippen molar-refractivity contribution in [3.8, 4) is 0 Å². The summed E-state index contributed by atoms with van der Waals surface area (Å²) in [4.78, 5) is 0. The summed E-state index contributed by atoms with van der Waals surface area (Å²) >= 11 is 0. The van der Waals surface area contributed by atoms with Crippen molar-refractivity contribution in [2.24, 2.45) is 0 Å². The summed E-state index contributed by atoms with van der Waals surface area (Å²) in [6.07, 6.45) is 0. The van der Waals surface area contributed by atoms with Crippen LogP contribution < -0.4 is 0 Å². The van der Waals surface area contributed by atoms with Crippen LogP contribution >= 0.6 is 0 Å². The molecule has 126 valence electrons. The molecule has 26 heavy (non-hydrogen) atoms. The van der Waals surface area contributed by atoms with Gasteiger partial charge < -0.3 is 0 Å². The molecule has 0 amide bonds. The lowest BCUT2D eigenvalue weighted by molar-refractivity contribution is 0.420. The Kier molecular flexibility index (Phi) is 2.83. The molecule has 4 aromatic carbocycles. The fraction of sp³-hybridized carbons (Fsp3) is 0.130. The van der Waals surface area contributed by atoms with Gasteiger partial charge in [0.25, 0.3) is 0 Å². The van der Waals surface area contributed by atoms with E-state index >= 15 is 0 Å². The van der Waals surface area contributed by atoms with E-state index in [-0.39, 0.29) is 11.3 Å². The minimum Gasteiger partial charge on any atom is -0.242 e. The highest BCUT2D eigenvalue weighted by Crippen LogP contribution is 2.53. The van der Waals surface area contributed by atoms with Gasteiger partial charge in [-0.1, -0.05) is 48.5 Å². The SMILES string of the molecule is CN1C2c3cc4ccccc4cc3C(c3cc4ccccc4cc32)S1=O. The van der Waals surface area contributed by atoms with Crippen LogP contribution in [0, 0.1) is 0 Å². The van der Waals surface area contributed by atoms with E-state index in [0.717, 1.165) is 0 Å². The topological polar surface area (TPSA) is 20.3 Å². The van der Waals surface area contributed by atoms with Crippen molar-refractivity contribution in [2.75, 3.05) is 7.05 Å². The molecule has 3 aliphatic rings. The molecule has 0 saturated heterocycles. The first-order valence-electron chi connectivity index (χ1n) is 8.91. The summed E-state index contributed by atoms with van der Waals surface area (Å²) in [5.74, 6) is 0. The Morgan fingerprint density at radius 3 is 1.50 bits per heavy atom. The number of hydrogen-bond acceptors (Lipinski definition) is 1. The van der Waals surface area contributed by atoms with Gasteiger partial charge in [0.15, 0.2) is 0 Å². The Bertz CT molecular complexity index is 1160. The van der Waals surface area contributed by atoms with Gasteiger partial charge in [0.05, 0.1) is 6.04 Å². The predicted octanol–water partition coefficient (Wildman–Crippen LogP) is 5.09. The molecule has 0 spiro atoms. The van der Waals surface area contributed by atoms with Gasteiger partial charge in [-0.25, -0.2) is 8.51 Å². The number of hydrogen-bond donors (Lipinski definition) is 0. The zero-order valence-corrected chi connectivity index (χ0v) is 15.2. The van der Waals surface area contributed by atoms with Crippen LogP contribution in [0.3, 0.4) is 0 Å². The van der Waals surface area contributed by atoms with Gasteiger partial charge in [-0.05, 0) is 68.1 Å². The average molecular weight is 355 g/mol. The van der Waals surface area contributed by atoms with Crippen LogP contribution in [0.1, 0.15) is 33.5 Å². The number of nitrogens with zero attached hydrogens (tertiary/aromatic N) is 1. The largest absolute Gasteiger partial charge is 0.242 e. The van der Waals surface area contributed by atoms with Crippen LogP contribution in [0.2, 0.25) is 0 Å². The molecule has 1 atom stereocenters. The van der Waals surface area contributed by atoms with E-state index in [4.69, 9.17) is 0 Å². The highest BCUT2D eigenvalue weighted by Gasteiger charge is 2.46. The molecule has 4 aromatic rings. The molecule has 2 bridgehead atoms. The number of rotatable bonds is 0. The molecule has 1 aliphatic carbocycles. The smallest absolute Gasteiger partial charge is 0.107 e. The summed E-state index contributed by atoms with van der Waals surface area (Å²) in [5, 5.41) is 4.87. The lowest BCUT2D eigenvalue weighted by Gasteiger charge is -2.45. The molecular formula is C23H17NOS. The summed E-state index contributed by atoms with van der Waals surface area (Å²) in [7, 11) is 0.942. The van der Waals surface area contributed by atoms with Crippen LogP contribution in [0.5, 0.6) is 0 Å². The molecule has 1 unspecified atom stereocenters. The van der Waals surface area contributed by atoms with Gasteiger partial charge in [0.2, 0.25) is 0 Å². The Morgan fingerprint density at radius 1 is 0.692 bits per heavy atom. The van der Waals surface area contributed by atoms with Crippen molar-refractivity contribution in [1.82, 2.24) is 4.31 Å². The first-order chi connectivity index (χ1) is 12.7. The molecule has 0 radical (unpaired) electrons. The minimum absolute atomic E-state index is 0.0556. The summed E-state index contributed by atoms with van der Waals surface area (Å²) in [5.41, 5.74) is 5.07.